The zero-order valence-corrected chi connectivity index (χ0v) is 22.0. The first-order valence-corrected chi connectivity index (χ1v) is 13.9. The standard InChI is InChI=1S/C27H37N5O3S/c1-3-17(2)23(33)29-22(19-13-8-5-9-14-19)26(35)32-16-10-15-20(32)24(34)31-25-21(30-27(28)36-25)18-11-6-4-7-12-18/h4,6-7,11-12,17,19-20,22H,3,5,8-10,13-16H2,1-2H3,(H2,28,30)(H,29,33)(H,31,34)/t17-,20+,22+/m1/s1. The molecular weight excluding hydrogens is 474 g/mol. The molecule has 0 radical (unpaired) electrons. The van der Waals surface area contributed by atoms with Crippen LogP contribution in [-0.2, 0) is 14.4 Å². The van der Waals surface area contributed by atoms with Crippen molar-refractivity contribution >= 4 is 39.2 Å². The number of thiazole rings is 1. The third-order valence-corrected chi connectivity index (χ3v) is 8.31. The maximum atomic E-state index is 13.9. The molecule has 1 aliphatic carbocycles. The molecule has 2 aromatic rings. The fourth-order valence-corrected chi connectivity index (χ4v) is 5.98. The molecule has 1 aliphatic heterocycles. The van der Waals surface area contributed by atoms with Crippen molar-refractivity contribution in [1.29, 1.82) is 0 Å². The molecule has 1 aromatic carbocycles. The van der Waals surface area contributed by atoms with E-state index in [9.17, 15) is 14.4 Å². The maximum Gasteiger partial charge on any atom is 0.247 e. The highest BCUT2D eigenvalue weighted by atomic mass is 32.1. The van der Waals surface area contributed by atoms with E-state index in [0.29, 0.717) is 35.2 Å². The van der Waals surface area contributed by atoms with Crippen LogP contribution in [0.4, 0.5) is 10.1 Å². The number of nitrogens with one attached hydrogen (secondary N) is 2. The molecule has 2 fully saturated rings. The molecule has 1 saturated heterocycles. The minimum Gasteiger partial charge on any atom is -0.375 e. The number of nitrogen functional groups attached to an aromatic ring is 1. The Balaban J connectivity index is 1.52. The first-order chi connectivity index (χ1) is 17.4. The number of rotatable bonds is 8. The molecule has 0 unspecified atom stereocenters. The Morgan fingerprint density at radius 2 is 1.83 bits per heavy atom. The van der Waals surface area contributed by atoms with Crippen LogP contribution >= 0.6 is 11.3 Å². The lowest BCUT2D eigenvalue weighted by Gasteiger charge is -2.35. The van der Waals surface area contributed by atoms with Crippen molar-refractivity contribution in [2.45, 2.75) is 77.3 Å². The van der Waals surface area contributed by atoms with E-state index >= 15 is 0 Å². The summed E-state index contributed by atoms with van der Waals surface area (Å²) in [4.78, 5) is 46.2. The Bertz CT molecular complexity index is 1070. The van der Waals surface area contributed by atoms with Crippen LogP contribution in [0.25, 0.3) is 11.3 Å². The maximum absolute atomic E-state index is 13.9. The minimum atomic E-state index is -0.587. The second-order valence-electron chi connectivity index (χ2n) is 9.97. The summed E-state index contributed by atoms with van der Waals surface area (Å²) in [5.41, 5.74) is 7.47. The average Bonchev–Trinajstić information content (AvgIpc) is 3.54. The first kappa shape index (κ1) is 26.1. The molecule has 36 heavy (non-hydrogen) atoms. The average molecular weight is 512 g/mol. The Labute approximate surface area is 217 Å². The number of nitrogens with zero attached hydrogens (tertiary/aromatic N) is 2. The third-order valence-electron chi connectivity index (χ3n) is 7.51. The number of benzene rings is 1. The van der Waals surface area contributed by atoms with E-state index in [2.05, 4.69) is 15.6 Å². The van der Waals surface area contributed by atoms with E-state index in [4.69, 9.17) is 5.73 Å². The summed E-state index contributed by atoms with van der Waals surface area (Å²) in [5.74, 6) is -0.515. The van der Waals surface area contributed by atoms with Crippen LogP contribution in [0, 0.1) is 11.8 Å². The Hall–Kier alpha value is -2.94. The molecule has 8 nitrogen and oxygen atoms in total. The lowest BCUT2D eigenvalue weighted by molar-refractivity contribution is -0.142. The fraction of sp³-hybridized carbons (Fsp3) is 0.556. The number of anilines is 2. The summed E-state index contributed by atoms with van der Waals surface area (Å²) < 4.78 is 0. The van der Waals surface area contributed by atoms with Crippen LogP contribution in [0.5, 0.6) is 0 Å². The van der Waals surface area contributed by atoms with Crippen molar-refractivity contribution < 1.29 is 14.4 Å². The number of hydrogen-bond donors (Lipinski definition) is 3. The molecule has 3 amide bonds. The Morgan fingerprint density at radius 3 is 2.53 bits per heavy atom. The van der Waals surface area contributed by atoms with Gasteiger partial charge in [-0.1, -0.05) is 74.8 Å². The summed E-state index contributed by atoms with van der Waals surface area (Å²) in [7, 11) is 0. The van der Waals surface area contributed by atoms with Gasteiger partial charge in [-0.15, -0.1) is 0 Å². The van der Waals surface area contributed by atoms with Crippen LogP contribution in [0.2, 0.25) is 0 Å². The second kappa shape index (κ2) is 11.9. The van der Waals surface area contributed by atoms with E-state index in [-0.39, 0.29) is 29.6 Å². The number of carbonyl (C=O) groups is 3. The van der Waals surface area contributed by atoms with E-state index in [1.807, 2.05) is 44.2 Å². The van der Waals surface area contributed by atoms with Gasteiger partial charge in [-0.05, 0) is 38.0 Å². The van der Waals surface area contributed by atoms with Crippen LogP contribution in [-0.4, -0.2) is 46.2 Å². The lowest BCUT2D eigenvalue weighted by atomic mass is 9.83. The number of nitrogens with two attached hydrogens (primary N) is 1. The zero-order valence-electron chi connectivity index (χ0n) is 21.2. The summed E-state index contributed by atoms with van der Waals surface area (Å²) in [6, 6.07) is 8.41. The number of carbonyl (C=O) groups excluding carboxylic acids is 3. The topological polar surface area (TPSA) is 117 Å². The Kier molecular flexibility index (Phi) is 8.61. The van der Waals surface area contributed by atoms with Crippen LogP contribution in [0.1, 0.15) is 65.2 Å². The van der Waals surface area contributed by atoms with Crippen molar-refractivity contribution in [3.63, 3.8) is 0 Å². The predicted molar refractivity (Wildman–Crippen MR) is 143 cm³/mol. The van der Waals surface area contributed by atoms with E-state index in [0.717, 1.165) is 44.1 Å². The molecule has 194 valence electrons. The van der Waals surface area contributed by atoms with Gasteiger partial charge in [-0.25, -0.2) is 4.98 Å². The van der Waals surface area contributed by atoms with Crippen molar-refractivity contribution in [1.82, 2.24) is 15.2 Å². The summed E-state index contributed by atoms with van der Waals surface area (Å²) >= 11 is 1.22. The summed E-state index contributed by atoms with van der Waals surface area (Å²) in [6.45, 7) is 4.36. The molecule has 9 heteroatoms. The zero-order chi connectivity index (χ0) is 25.7. The van der Waals surface area contributed by atoms with Gasteiger partial charge < -0.3 is 21.3 Å². The number of likely N-dealkylation sites (tertiary alicyclic amines) is 1. The van der Waals surface area contributed by atoms with Crippen molar-refractivity contribution in [3.8, 4) is 11.3 Å². The molecule has 2 heterocycles. The molecule has 3 atom stereocenters. The molecule has 1 saturated carbocycles. The van der Waals surface area contributed by atoms with Gasteiger partial charge in [0.15, 0.2) is 5.13 Å². The number of hydrogen-bond acceptors (Lipinski definition) is 6. The van der Waals surface area contributed by atoms with Gasteiger partial charge in [-0.2, -0.15) is 0 Å². The molecule has 0 bridgehead atoms. The van der Waals surface area contributed by atoms with Gasteiger partial charge in [0.05, 0.1) is 0 Å². The quantitative estimate of drug-likeness (QED) is 0.485. The molecule has 4 rings (SSSR count). The molecule has 4 N–H and O–H groups in total. The molecule has 0 spiro atoms. The SMILES string of the molecule is CC[C@@H](C)C(=O)N[C@H](C(=O)N1CCC[C@H]1C(=O)Nc1sc(N)nc1-c1ccccc1)C1CCCCC1. The van der Waals surface area contributed by atoms with Gasteiger partial charge >= 0.3 is 0 Å². The van der Waals surface area contributed by atoms with E-state index in [1.165, 1.54) is 11.3 Å². The van der Waals surface area contributed by atoms with Crippen molar-refractivity contribution in [2.75, 3.05) is 17.6 Å². The smallest absolute Gasteiger partial charge is 0.247 e. The highest BCUT2D eigenvalue weighted by molar-refractivity contribution is 7.20. The first-order valence-electron chi connectivity index (χ1n) is 13.1. The van der Waals surface area contributed by atoms with Crippen LogP contribution in [0.15, 0.2) is 30.3 Å². The van der Waals surface area contributed by atoms with Crippen molar-refractivity contribution in [2.24, 2.45) is 11.8 Å². The second-order valence-corrected chi connectivity index (χ2v) is 11.0. The van der Waals surface area contributed by atoms with E-state index < -0.39 is 12.1 Å². The Morgan fingerprint density at radius 1 is 1.11 bits per heavy atom. The molecular formula is C27H37N5O3S. The van der Waals surface area contributed by atoms with Crippen LogP contribution in [0.3, 0.4) is 0 Å². The minimum absolute atomic E-state index is 0.0886. The monoisotopic (exact) mass is 511 g/mol. The largest absolute Gasteiger partial charge is 0.375 e. The predicted octanol–water partition coefficient (Wildman–Crippen LogP) is 4.43. The van der Waals surface area contributed by atoms with Gasteiger partial charge in [0.1, 0.15) is 22.8 Å². The number of amides is 3. The summed E-state index contributed by atoms with van der Waals surface area (Å²) in [5, 5.41) is 7.02. The van der Waals surface area contributed by atoms with Crippen molar-refractivity contribution in [3.05, 3.63) is 30.3 Å². The van der Waals surface area contributed by atoms with Crippen LogP contribution < -0.4 is 16.4 Å². The lowest BCUT2D eigenvalue weighted by Crippen LogP contribution is -2.56. The highest BCUT2D eigenvalue weighted by Gasteiger charge is 2.41. The van der Waals surface area contributed by atoms with Gasteiger partial charge in [0, 0.05) is 18.0 Å². The van der Waals surface area contributed by atoms with Gasteiger partial charge in [-0.3, -0.25) is 14.4 Å². The van der Waals surface area contributed by atoms with E-state index in [1.54, 1.807) is 4.90 Å². The normalized spacial score (nSPS) is 20.1. The number of aromatic nitrogens is 1. The fourth-order valence-electron chi connectivity index (χ4n) is 5.22. The van der Waals surface area contributed by atoms with Gasteiger partial charge in [0.2, 0.25) is 17.7 Å². The molecule has 1 aromatic heterocycles. The highest BCUT2D eigenvalue weighted by Crippen LogP contribution is 2.35. The van der Waals surface area contributed by atoms with Gasteiger partial charge in [0.25, 0.3) is 0 Å². The third kappa shape index (κ3) is 5.88. The summed E-state index contributed by atoms with van der Waals surface area (Å²) in [6.07, 6.45) is 7.17. The molecule has 2 aliphatic rings.